The zero-order valence-electron chi connectivity index (χ0n) is 7.16. The van der Waals surface area contributed by atoms with Crippen molar-refractivity contribution in [2.75, 3.05) is 6.67 Å². The molecule has 1 unspecified atom stereocenters. The molecule has 1 aromatic rings. The van der Waals surface area contributed by atoms with Crippen LogP contribution in [0.15, 0.2) is 30.3 Å². The lowest BCUT2D eigenvalue weighted by Crippen LogP contribution is -2.17. The predicted octanol–water partition coefficient (Wildman–Crippen LogP) is 2.81. The molecule has 0 saturated heterocycles. The first-order valence-electron chi connectivity index (χ1n) is 4.14. The first-order valence-corrected chi connectivity index (χ1v) is 4.14. The van der Waals surface area contributed by atoms with E-state index in [1.165, 1.54) is 0 Å². The highest BCUT2D eigenvalue weighted by Crippen LogP contribution is 2.12. The summed E-state index contributed by atoms with van der Waals surface area (Å²) in [5.41, 5.74) is 0. The molecule has 0 spiro atoms. The highest BCUT2D eigenvalue weighted by atomic mass is 19.1. The molecule has 2 heteroatoms. The normalized spacial score (nSPS) is 12.5. The molecule has 1 rings (SSSR count). The van der Waals surface area contributed by atoms with Gasteiger partial charge < -0.3 is 4.74 Å². The van der Waals surface area contributed by atoms with Crippen molar-refractivity contribution >= 4 is 0 Å². The molecule has 0 amide bonds. The number of halogens is 1. The van der Waals surface area contributed by atoms with E-state index in [-0.39, 0.29) is 6.10 Å². The van der Waals surface area contributed by atoms with Crippen molar-refractivity contribution in [3.05, 3.63) is 30.3 Å². The average Bonchev–Trinajstić information content (AvgIpc) is 2.16. The molecule has 0 aliphatic rings. The molecule has 0 bridgehead atoms. The molecular weight excluding hydrogens is 155 g/mol. The summed E-state index contributed by atoms with van der Waals surface area (Å²) in [6.45, 7) is 1.48. The number of para-hydroxylation sites is 1. The lowest BCUT2D eigenvalue weighted by molar-refractivity contribution is 0.160. The van der Waals surface area contributed by atoms with Crippen LogP contribution in [0.5, 0.6) is 5.75 Å². The van der Waals surface area contributed by atoms with Crippen molar-refractivity contribution in [3.8, 4) is 5.75 Å². The van der Waals surface area contributed by atoms with Gasteiger partial charge in [0.05, 0.1) is 0 Å². The fourth-order valence-corrected chi connectivity index (χ4v) is 0.915. The third-order valence-corrected chi connectivity index (χ3v) is 1.67. The number of benzene rings is 1. The van der Waals surface area contributed by atoms with Crippen LogP contribution in [0.25, 0.3) is 0 Å². The Labute approximate surface area is 72.2 Å². The fraction of sp³-hybridized carbons (Fsp3) is 0.400. The SMILES string of the molecule is CCC(CF)Oc1ccccc1. The van der Waals surface area contributed by atoms with E-state index in [1.54, 1.807) is 0 Å². The molecule has 0 fully saturated rings. The molecule has 1 atom stereocenters. The van der Waals surface area contributed by atoms with Gasteiger partial charge in [-0.05, 0) is 18.6 Å². The van der Waals surface area contributed by atoms with Gasteiger partial charge in [-0.2, -0.15) is 0 Å². The Balaban J connectivity index is 2.51. The zero-order chi connectivity index (χ0) is 8.81. The van der Waals surface area contributed by atoms with Crippen molar-refractivity contribution in [3.63, 3.8) is 0 Å². The van der Waals surface area contributed by atoms with Crippen LogP contribution in [-0.2, 0) is 0 Å². The highest BCUT2D eigenvalue weighted by Gasteiger charge is 2.05. The van der Waals surface area contributed by atoms with Crippen LogP contribution >= 0.6 is 0 Å². The van der Waals surface area contributed by atoms with E-state index in [2.05, 4.69) is 0 Å². The summed E-state index contributed by atoms with van der Waals surface area (Å²) >= 11 is 0. The Morgan fingerprint density at radius 2 is 2.00 bits per heavy atom. The summed E-state index contributed by atoms with van der Waals surface area (Å²) in [5, 5.41) is 0. The van der Waals surface area contributed by atoms with E-state index in [9.17, 15) is 4.39 Å². The highest BCUT2D eigenvalue weighted by molar-refractivity contribution is 5.21. The molecule has 0 N–H and O–H groups in total. The van der Waals surface area contributed by atoms with Crippen LogP contribution in [0, 0.1) is 0 Å². The summed E-state index contributed by atoms with van der Waals surface area (Å²) in [4.78, 5) is 0. The van der Waals surface area contributed by atoms with E-state index in [1.807, 2.05) is 37.3 Å². The van der Waals surface area contributed by atoms with Gasteiger partial charge in [0.15, 0.2) is 0 Å². The number of alkyl halides is 1. The predicted molar refractivity (Wildman–Crippen MR) is 47.1 cm³/mol. The minimum absolute atomic E-state index is 0.299. The number of hydrogen-bond donors (Lipinski definition) is 0. The van der Waals surface area contributed by atoms with Gasteiger partial charge in [0, 0.05) is 0 Å². The van der Waals surface area contributed by atoms with Gasteiger partial charge in [-0.1, -0.05) is 25.1 Å². The number of rotatable bonds is 4. The molecule has 0 aromatic heterocycles. The Morgan fingerprint density at radius 3 is 2.50 bits per heavy atom. The van der Waals surface area contributed by atoms with E-state index in [0.29, 0.717) is 6.42 Å². The lowest BCUT2D eigenvalue weighted by atomic mass is 10.3. The van der Waals surface area contributed by atoms with Crippen LogP contribution in [-0.4, -0.2) is 12.8 Å². The molecule has 0 aliphatic heterocycles. The van der Waals surface area contributed by atoms with Crippen LogP contribution in [0.4, 0.5) is 4.39 Å². The minimum Gasteiger partial charge on any atom is -0.488 e. The molecule has 0 heterocycles. The van der Waals surface area contributed by atoms with Crippen molar-refractivity contribution in [2.45, 2.75) is 19.4 Å². The van der Waals surface area contributed by atoms with Crippen molar-refractivity contribution in [2.24, 2.45) is 0 Å². The molecule has 0 radical (unpaired) electrons. The van der Waals surface area contributed by atoms with Crippen LogP contribution in [0.1, 0.15) is 13.3 Å². The third kappa shape index (κ3) is 2.53. The number of ether oxygens (including phenoxy) is 1. The van der Waals surface area contributed by atoms with Crippen LogP contribution in [0.3, 0.4) is 0 Å². The van der Waals surface area contributed by atoms with E-state index in [0.717, 1.165) is 5.75 Å². The second kappa shape index (κ2) is 4.75. The van der Waals surface area contributed by atoms with Crippen molar-refractivity contribution < 1.29 is 9.13 Å². The number of hydrogen-bond acceptors (Lipinski definition) is 1. The van der Waals surface area contributed by atoms with E-state index < -0.39 is 6.67 Å². The smallest absolute Gasteiger partial charge is 0.127 e. The van der Waals surface area contributed by atoms with Crippen molar-refractivity contribution in [1.29, 1.82) is 0 Å². The molecule has 1 aromatic carbocycles. The Hall–Kier alpha value is -1.05. The van der Waals surface area contributed by atoms with Gasteiger partial charge in [0.25, 0.3) is 0 Å². The minimum atomic E-state index is -0.425. The van der Waals surface area contributed by atoms with Gasteiger partial charge in [-0.25, -0.2) is 4.39 Å². The first kappa shape index (κ1) is 9.04. The van der Waals surface area contributed by atoms with E-state index in [4.69, 9.17) is 4.74 Å². The summed E-state index contributed by atoms with van der Waals surface area (Å²) < 4.78 is 17.6. The molecule has 66 valence electrons. The van der Waals surface area contributed by atoms with Crippen LogP contribution < -0.4 is 4.74 Å². The summed E-state index contributed by atoms with van der Waals surface area (Å²) in [7, 11) is 0. The topological polar surface area (TPSA) is 9.23 Å². The van der Waals surface area contributed by atoms with E-state index >= 15 is 0 Å². The van der Waals surface area contributed by atoms with Gasteiger partial charge >= 0.3 is 0 Å². The maximum atomic E-state index is 12.2. The summed E-state index contributed by atoms with van der Waals surface area (Å²) in [6, 6.07) is 9.32. The fourth-order valence-electron chi connectivity index (χ4n) is 0.915. The zero-order valence-corrected chi connectivity index (χ0v) is 7.16. The molecule has 1 nitrogen and oxygen atoms in total. The largest absolute Gasteiger partial charge is 0.488 e. The molecule has 0 aliphatic carbocycles. The Kier molecular flexibility index (Phi) is 3.58. The van der Waals surface area contributed by atoms with Crippen LogP contribution in [0.2, 0.25) is 0 Å². The standard InChI is InChI=1S/C10H13FO/c1-2-9(8-11)12-10-6-4-3-5-7-10/h3-7,9H,2,8H2,1H3. The Morgan fingerprint density at radius 1 is 1.33 bits per heavy atom. The summed E-state index contributed by atoms with van der Waals surface area (Å²) in [5.74, 6) is 0.738. The second-order valence-corrected chi connectivity index (χ2v) is 2.62. The molecule has 0 saturated carbocycles. The second-order valence-electron chi connectivity index (χ2n) is 2.62. The van der Waals surface area contributed by atoms with Crippen molar-refractivity contribution in [1.82, 2.24) is 0 Å². The maximum absolute atomic E-state index is 12.2. The molecule has 12 heavy (non-hydrogen) atoms. The Bertz CT molecular complexity index is 206. The van der Waals surface area contributed by atoms with Gasteiger partial charge in [-0.3, -0.25) is 0 Å². The molecular formula is C10H13FO. The lowest BCUT2D eigenvalue weighted by Gasteiger charge is -2.13. The third-order valence-electron chi connectivity index (χ3n) is 1.67. The first-order chi connectivity index (χ1) is 5.86. The quantitative estimate of drug-likeness (QED) is 0.671. The average molecular weight is 168 g/mol. The monoisotopic (exact) mass is 168 g/mol. The van der Waals surface area contributed by atoms with Gasteiger partial charge in [-0.15, -0.1) is 0 Å². The van der Waals surface area contributed by atoms with Gasteiger partial charge in [0.2, 0.25) is 0 Å². The maximum Gasteiger partial charge on any atom is 0.127 e. The van der Waals surface area contributed by atoms with Gasteiger partial charge in [0.1, 0.15) is 18.5 Å². The summed E-state index contributed by atoms with van der Waals surface area (Å²) in [6.07, 6.45) is 0.401.